The van der Waals surface area contributed by atoms with Gasteiger partial charge in [-0.3, -0.25) is 0 Å². The van der Waals surface area contributed by atoms with Gasteiger partial charge in [0.05, 0.1) is 6.61 Å². The third kappa shape index (κ3) is 6.52. The molecule has 2 nitrogen and oxygen atoms in total. The SMILES string of the molecule is COCCNCCC=C(C)Cc1ccc(F)cc1. The number of methoxy groups -OCH3 is 1. The summed E-state index contributed by atoms with van der Waals surface area (Å²) < 4.78 is 17.7. The van der Waals surface area contributed by atoms with Gasteiger partial charge in [0.2, 0.25) is 0 Å². The van der Waals surface area contributed by atoms with E-state index in [4.69, 9.17) is 4.74 Å². The van der Waals surface area contributed by atoms with Crippen molar-refractivity contribution in [1.29, 1.82) is 0 Å². The normalized spacial score (nSPS) is 11.8. The second-order valence-electron chi connectivity index (χ2n) is 4.39. The molecule has 0 aliphatic heterocycles. The molecule has 1 rings (SSSR count). The molecule has 1 N–H and O–H groups in total. The molecule has 18 heavy (non-hydrogen) atoms. The molecule has 0 bridgehead atoms. The van der Waals surface area contributed by atoms with E-state index in [0.717, 1.165) is 38.1 Å². The van der Waals surface area contributed by atoms with Gasteiger partial charge in [-0.1, -0.05) is 23.8 Å². The van der Waals surface area contributed by atoms with E-state index in [1.807, 2.05) is 12.1 Å². The van der Waals surface area contributed by atoms with Crippen LogP contribution in [0.2, 0.25) is 0 Å². The Bertz CT molecular complexity index is 359. The van der Waals surface area contributed by atoms with Crippen molar-refractivity contribution in [2.75, 3.05) is 26.8 Å². The molecular formula is C15H22FNO. The van der Waals surface area contributed by atoms with Crippen LogP contribution in [0.3, 0.4) is 0 Å². The first kappa shape index (κ1) is 14.9. The van der Waals surface area contributed by atoms with Crippen molar-refractivity contribution in [2.24, 2.45) is 0 Å². The molecule has 1 aromatic rings. The number of rotatable bonds is 8. The van der Waals surface area contributed by atoms with Crippen LogP contribution in [0.25, 0.3) is 0 Å². The molecule has 1 aromatic carbocycles. The van der Waals surface area contributed by atoms with Gasteiger partial charge in [-0.25, -0.2) is 4.39 Å². The largest absolute Gasteiger partial charge is 0.383 e. The lowest BCUT2D eigenvalue weighted by atomic mass is 10.1. The van der Waals surface area contributed by atoms with Crippen LogP contribution in [-0.2, 0) is 11.2 Å². The summed E-state index contributed by atoms with van der Waals surface area (Å²) in [6.45, 7) is 4.71. The number of nitrogens with one attached hydrogen (secondary N) is 1. The van der Waals surface area contributed by atoms with E-state index in [0.29, 0.717) is 0 Å². The van der Waals surface area contributed by atoms with E-state index >= 15 is 0 Å². The van der Waals surface area contributed by atoms with Crippen LogP contribution in [0, 0.1) is 5.82 Å². The van der Waals surface area contributed by atoms with Gasteiger partial charge >= 0.3 is 0 Å². The Kier molecular flexibility index (Phi) is 7.30. The summed E-state index contributed by atoms with van der Waals surface area (Å²) in [6.07, 6.45) is 4.12. The minimum Gasteiger partial charge on any atom is -0.383 e. The molecule has 0 aliphatic rings. The Balaban J connectivity index is 2.23. The Hall–Kier alpha value is -1.19. The van der Waals surface area contributed by atoms with Crippen molar-refractivity contribution in [3.63, 3.8) is 0 Å². The van der Waals surface area contributed by atoms with Crippen LogP contribution in [0.1, 0.15) is 18.9 Å². The summed E-state index contributed by atoms with van der Waals surface area (Å²) in [6, 6.07) is 6.69. The average Bonchev–Trinajstić information content (AvgIpc) is 2.36. The lowest BCUT2D eigenvalue weighted by molar-refractivity contribution is 0.199. The van der Waals surface area contributed by atoms with Gasteiger partial charge < -0.3 is 10.1 Å². The summed E-state index contributed by atoms with van der Waals surface area (Å²) >= 11 is 0. The molecule has 100 valence electrons. The van der Waals surface area contributed by atoms with Crippen LogP contribution >= 0.6 is 0 Å². The molecule has 0 aliphatic carbocycles. The number of ether oxygens (including phenoxy) is 1. The van der Waals surface area contributed by atoms with Gasteiger partial charge in [0.25, 0.3) is 0 Å². The van der Waals surface area contributed by atoms with E-state index < -0.39 is 0 Å². The first-order valence-electron chi connectivity index (χ1n) is 6.32. The van der Waals surface area contributed by atoms with Gasteiger partial charge in [0.1, 0.15) is 5.82 Å². The zero-order valence-corrected chi connectivity index (χ0v) is 11.2. The second-order valence-corrected chi connectivity index (χ2v) is 4.39. The lowest BCUT2D eigenvalue weighted by Gasteiger charge is -2.04. The molecule has 0 saturated heterocycles. The molecule has 0 heterocycles. The van der Waals surface area contributed by atoms with Gasteiger partial charge in [-0.15, -0.1) is 0 Å². The standard InChI is InChI=1S/C15H22FNO/c1-13(4-3-9-17-10-11-18-2)12-14-5-7-15(16)8-6-14/h4-8,17H,3,9-12H2,1-2H3. The van der Waals surface area contributed by atoms with Crippen LogP contribution in [-0.4, -0.2) is 26.8 Å². The van der Waals surface area contributed by atoms with Crippen LogP contribution in [0.4, 0.5) is 4.39 Å². The van der Waals surface area contributed by atoms with Gasteiger partial charge in [-0.2, -0.15) is 0 Å². The predicted octanol–water partition coefficient (Wildman–Crippen LogP) is 2.94. The Morgan fingerprint density at radius 2 is 2.00 bits per heavy atom. The maximum Gasteiger partial charge on any atom is 0.123 e. The fraction of sp³-hybridized carbons (Fsp3) is 0.467. The molecule has 0 atom stereocenters. The molecule has 0 saturated carbocycles. The third-order valence-electron chi connectivity index (χ3n) is 2.69. The Morgan fingerprint density at radius 1 is 1.28 bits per heavy atom. The van der Waals surface area contributed by atoms with Crippen molar-refractivity contribution in [3.8, 4) is 0 Å². The van der Waals surface area contributed by atoms with E-state index in [1.165, 1.54) is 17.7 Å². The highest BCUT2D eigenvalue weighted by Crippen LogP contribution is 2.09. The smallest absolute Gasteiger partial charge is 0.123 e. The van der Waals surface area contributed by atoms with Gasteiger partial charge in [0, 0.05) is 13.7 Å². The highest BCUT2D eigenvalue weighted by molar-refractivity contribution is 5.21. The number of allylic oxidation sites excluding steroid dienone is 1. The molecular weight excluding hydrogens is 229 g/mol. The van der Waals surface area contributed by atoms with Crippen molar-refractivity contribution in [2.45, 2.75) is 19.8 Å². The second kappa shape index (κ2) is 8.84. The minimum absolute atomic E-state index is 0.178. The molecule has 0 radical (unpaired) electrons. The number of hydrogen-bond acceptors (Lipinski definition) is 2. The van der Waals surface area contributed by atoms with Crippen LogP contribution < -0.4 is 5.32 Å². The van der Waals surface area contributed by atoms with E-state index in [-0.39, 0.29) is 5.82 Å². The molecule has 0 fully saturated rings. The third-order valence-corrected chi connectivity index (χ3v) is 2.69. The zero-order valence-electron chi connectivity index (χ0n) is 11.2. The molecule has 0 unspecified atom stereocenters. The van der Waals surface area contributed by atoms with Crippen molar-refractivity contribution in [1.82, 2.24) is 5.32 Å². The molecule has 0 amide bonds. The Morgan fingerprint density at radius 3 is 2.67 bits per heavy atom. The maximum absolute atomic E-state index is 12.7. The minimum atomic E-state index is -0.178. The molecule has 0 aromatic heterocycles. The topological polar surface area (TPSA) is 21.3 Å². The summed E-state index contributed by atoms with van der Waals surface area (Å²) in [5.74, 6) is -0.178. The summed E-state index contributed by atoms with van der Waals surface area (Å²) in [5.41, 5.74) is 2.47. The fourth-order valence-corrected chi connectivity index (χ4v) is 1.72. The summed E-state index contributed by atoms with van der Waals surface area (Å²) in [4.78, 5) is 0. The maximum atomic E-state index is 12.7. The van der Waals surface area contributed by atoms with Crippen molar-refractivity contribution < 1.29 is 9.13 Å². The van der Waals surface area contributed by atoms with Crippen molar-refractivity contribution in [3.05, 3.63) is 47.3 Å². The first-order chi connectivity index (χ1) is 8.72. The number of benzene rings is 1. The summed E-state index contributed by atoms with van der Waals surface area (Å²) in [7, 11) is 1.70. The highest BCUT2D eigenvalue weighted by Gasteiger charge is 1.95. The highest BCUT2D eigenvalue weighted by atomic mass is 19.1. The first-order valence-corrected chi connectivity index (χ1v) is 6.32. The van der Waals surface area contributed by atoms with E-state index in [2.05, 4.69) is 18.3 Å². The monoisotopic (exact) mass is 251 g/mol. The fourth-order valence-electron chi connectivity index (χ4n) is 1.72. The van der Waals surface area contributed by atoms with Crippen LogP contribution in [0.15, 0.2) is 35.9 Å². The number of hydrogen-bond donors (Lipinski definition) is 1. The average molecular weight is 251 g/mol. The van der Waals surface area contributed by atoms with Crippen LogP contribution in [0.5, 0.6) is 0 Å². The van der Waals surface area contributed by atoms with E-state index in [9.17, 15) is 4.39 Å². The zero-order chi connectivity index (χ0) is 13.2. The van der Waals surface area contributed by atoms with Gasteiger partial charge in [0.15, 0.2) is 0 Å². The quantitative estimate of drug-likeness (QED) is 0.566. The summed E-state index contributed by atoms with van der Waals surface area (Å²) in [5, 5.41) is 3.29. The van der Waals surface area contributed by atoms with E-state index in [1.54, 1.807) is 7.11 Å². The molecule has 3 heteroatoms. The molecule has 0 spiro atoms. The lowest BCUT2D eigenvalue weighted by Crippen LogP contribution is -2.19. The van der Waals surface area contributed by atoms with Crippen molar-refractivity contribution >= 4 is 0 Å². The predicted molar refractivity (Wildman–Crippen MR) is 73.2 cm³/mol. The van der Waals surface area contributed by atoms with Gasteiger partial charge in [-0.05, 0) is 44.0 Å². The Labute approximate surface area is 109 Å². The number of halogens is 1.